The fourth-order valence-electron chi connectivity index (χ4n) is 1.62. The lowest BCUT2D eigenvalue weighted by Crippen LogP contribution is -2.15. The van der Waals surface area contributed by atoms with E-state index in [1.807, 2.05) is 14.1 Å². The van der Waals surface area contributed by atoms with Gasteiger partial charge in [-0.1, -0.05) is 34.8 Å². The third-order valence-electron chi connectivity index (χ3n) is 2.68. The number of rotatable bonds is 3. The number of hydrogen-bond acceptors (Lipinski definition) is 3. The predicted octanol–water partition coefficient (Wildman–Crippen LogP) is 4.36. The van der Waals surface area contributed by atoms with Crippen molar-refractivity contribution >= 4 is 52.2 Å². The highest BCUT2D eigenvalue weighted by atomic mass is 35.5. The average molecular weight is 345 g/mol. The number of pyridine rings is 1. The first-order valence-electron chi connectivity index (χ1n) is 5.98. The molecule has 2 rings (SSSR count). The lowest BCUT2D eigenvalue weighted by Gasteiger charge is -2.13. The zero-order valence-corrected chi connectivity index (χ0v) is 13.6. The highest BCUT2D eigenvalue weighted by Crippen LogP contribution is 2.25. The summed E-state index contributed by atoms with van der Waals surface area (Å²) in [6, 6.07) is 8.02. The van der Waals surface area contributed by atoms with E-state index in [4.69, 9.17) is 34.8 Å². The van der Waals surface area contributed by atoms with Gasteiger partial charge in [-0.15, -0.1) is 0 Å². The van der Waals surface area contributed by atoms with E-state index in [9.17, 15) is 4.79 Å². The van der Waals surface area contributed by atoms with Crippen molar-refractivity contribution < 1.29 is 4.79 Å². The van der Waals surface area contributed by atoms with Crippen molar-refractivity contribution in [1.29, 1.82) is 0 Å². The van der Waals surface area contributed by atoms with E-state index in [-0.39, 0.29) is 11.1 Å². The summed E-state index contributed by atoms with van der Waals surface area (Å²) in [5, 5.41) is 3.78. The average Bonchev–Trinajstić information content (AvgIpc) is 2.42. The maximum absolute atomic E-state index is 12.2. The molecule has 0 saturated heterocycles. The lowest BCUT2D eigenvalue weighted by molar-refractivity contribution is 0.102. The molecule has 2 aromatic rings. The summed E-state index contributed by atoms with van der Waals surface area (Å²) in [6.07, 6.45) is 0. The second-order valence-corrected chi connectivity index (χ2v) is 5.72. The highest BCUT2D eigenvalue weighted by Gasteiger charge is 2.11. The Balaban J connectivity index is 2.25. The Morgan fingerprint density at radius 1 is 1.10 bits per heavy atom. The first kappa shape index (κ1) is 15.9. The van der Waals surface area contributed by atoms with Gasteiger partial charge >= 0.3 is 0 Å². The molecule has 0 saturated carbocycles. The SMILES string of the molecule is CN(C)c1cc(C(=O)Nc2ccc(Cl)c(Cl)c2)cc(Cl)n1. The van der Waals surface area contributed by atoms with Gasteiger partial charge in [0, 0.05) is 25.3 Å². The van der Waals surface area contributed by atoms with Gasteiger partial charge < -0.3 is 10.2 Å². The molecule has 1 aromatic heterocycles. The van der Waals surface area contributed by atoms with Crippen LogP contribution in [0, 0.1) is 0 Å². The van der Waals surface area contributed by atoms with E-state index >= 15 is 0 Å². The molecular formula is C14H12Cl3N3O. The van der Waals surface area contributed by atoms with E-state index < -0.39 is 0 Å². The molecule has 0 aliphatic carbocycles. The molecule has 21 heavy (non-hydrogen) atoms. The molecule has 0 radical (unpaired) electrons. The summed E-state index contributed by atoms with van der Waals surface area (Å²) in [5.41, 5.74) is 0.957. The highest BCUT2D eigenvalue weighted by molar-refractivity contribution is 6.42. The van der Waals surface area contributed by atoms with Gasteiger partial charge in [0.25, 0.3) is 5.91 Å². The van der Waals surface area contributed by atoms with Crippen molar-refractivity contribution in [2.75, 3.05) is 24.3 Å². The van der Waals surface area contributed by atoms with E-state index in [1.54, 1.807) is 29.2 Å². The molecule has 4 nitrogen and oxygen atoms in total. The van der Waals surface area contributed by atoms with Crippen molar-refractivity contribution in [2.24, 2.45) is 0 Å². The number of aromatic nitrogens is 1. The van der Waals surface area contributed by atoms with Crippen LogP contribution in [0.4, 0.5) is 11.5 Å². The Morgan fingerprint density at radius 2 is 1.81 bits per heavy atom. The number of carbonyl (C=O) groups excluding carboxylic acids is 1. The van der Waals surface area contributed by atoms with Crippen LogP contribution in [-0.4, -0.2) is 25.0 Å². The molecule has 0 bridgehead atoms. The van der Waals surface area contributed by atoms with E-state index in [0.29, 0.717) is 27.1 Å². The van der Waals surface area contributed by atoms with Gasteiger partial charge in [-0.05, 0) is 30.3 Å². The van der Waals surface area contributed by atoms with Crippen LogP contribution >= 0.6 is 34.8 Å². The topological polar surface area (TPSA) is 45.2 Å². The second-order valence-electron chi connectivity index (χ2n) is 4.51. The number of hydrogen-bond donors (Lipinski definition) is 1. The Labute approximate surface area is 137 Å². The zero-order valence-electron chi connectivity index (χ0n) is 11.3. The largest absolute Gasteiger partial charge is 0.363 e. The van der Waals surface area contributed by atoms with Crippen molar-refractivity contribution in [3.05, 3.63) is 51.1 Å². The van der Waals surface area contributed by atoms with Gasteiger partial charge in [0.2, 0.25) is 0 Å². The molecule has 0 atom stereocenters. The number of nitrogens with one attached hydrogen (secondary N) is 1. The lowest BCUT2D eigenvalue weighted by atomic mass is 10.2. The summed E-state index contributed by atoms with van der Waals surface area (Å²) in [5.74, 6) is 0.294. The molecule has 0 unspecified atom stereocenters. The summed E-state index contributed by atoms with van der Waals surface area (Å²) in [7, 11) is 3.64. The number of nitrogens with zero attached hydrogens (tertiary/aromatic N) is 2. The van der Waals surface area contributed by atoms with Crippen LogP contribution in [0.25, 0.3) is 0 Å². The molecule has 0 spiro atoms. The van der Waals surface area contributed by atoms with E-state index in [2.05, 4.69) is 10.3 Å². The van der Waals surface area contributed by atoms with Crippen molar-refractivity contribution in [3.8, 4) is 0 Å². The van der Waals surface area contributed by atoms with Gasteiger partial charge in [0.15, 0.2) is 0 Å². The van der Waals surface area contributed by atoms with Crippen molar-refractivity contribution in [1.82, 2.24) is 4.98 Å². The Bertz CT molecular complexity index is 689. The number of benzene rings is 1. The Hall–Kier alpha value is -1.49. The molecule has 1 aromatic carbocycles. The van der Waals surface area contributed by atoms with Gasteiger partial charge in [-0.2, -0.15) is 0 Å². The van der Waals surface area contributed by atoms with Crippen LogP contribution in [0.15, 0.2) is 30.3 Å². The molecule has 0 fully saturated rings. The monoisotopic (exact) mass is 343 g/mol. The molecule has 1 heterocycles. The molecule has 1 N–H and O–H groups in total. The maximum atomic E-state index is 12.2. The summed E-state index contributed by atoms with van der Waals surface area (Å²) in [4.78, 5) is 18.1. The third-order valence-corrected chi connectivity index (χ3v) is 3.61. The van der Waals surface area contributed by atoms with Crippen LogP contribution < -0.4 is 10.2 Å². The van der Waals surface area contributed by atoms with Crippen LogP contribution in [0.2, 0.25) is 15.2 Å². The zero-order chi connectivity index (χ0) is 15.6. The minimum Gasteiger partial charge on any atom is -0.363 e. The first-order valence-corrected chi connectivity index (χ1v) is 7.11. The number of halogens is 3. The molecule has 110 valence electrons. The maximum Gasteiger partial charge on any atom is 0.255 e. The van der Waals surface area contributed by atoms with Gasteiger partial charge in [0.1, 0.15) is 11.0 Å². The molecule has 0 aliphatic heterocycles. The van der Waals surface area contributed by atoms with Gasteiger partial charge in [0.05, 0.1) is 10.0 Å². The van der Waals surface area contributed by atoms with Crippen LogP contribution in [0.5, 0.6) is 0 Å². The quantitative estimate of drug-likeness (QED) is 0.841. The minimum atomic E-state index is -0.305. The fraction of sp³-hybridized carbons (Fsp3) is 0.143. The van der Waals surface area contributed by atoms with Crippen molar-refractivity contribution in [2.45, 2.75) is 0 Å². The van der Waals surface area contributed by atoms with Crippen LogP contribution in [0.3, 0.4) is 0 Å². The number of carbonyl (C=O) groups is 1. The first-order chi connectivity index (χ1) is 9.86. The van der Waals surface area contributed by atoms with Crippen LogP contribution in [-0.2, 0) is 0 Å². The van der Waals surface area contributed by atoms with E-state index in [0.717, 1.165) is 0 Å². The molecule has 0 aliphatic rings. The van der Waals surface area contributed by atoms with E-state index in [1.165, 1.54) is 6.07 Å². The summed E-state index contributed by atoms with van der Waals surface area (Å²) >= 11 is 17.7. The summed E-state index contributed by atoms with van der Waals surface area (Å²) < 4.78 is 0. The minimum absolute atomic E-state index is 0.250. The van der Waals surface area contributed by atoms with Crippen molar-refractivity contribution in [3.63, 3.8) is 0 Å². The smallest absolute Gasteiger partial charge is 0.255 e. The van der Waals surface area contributed by atoms with Gasteiger partial charge in [-0.25, -0.2) is 4.98 Å². The fourth-order valence-corrected chi connectivity index (χ4v) is 2.12. The van der Waals surface area contributed by atoms with Gasteiger partial charge in [-0.3, -0.25) is 4.79 Å². The normalized spacial score (nSPS) is 10.3. The standard InChI is InChI=1S/C14H12Cl3N3O/c1-20(2)13-6-8(5-12(17)19-13)14(21)18-9-3-4-10(15)11(16)7-9/h3-7H,1-2H3,(H,18,21). The van der Waals surface area contributed by atoms with Crippen LogP contribution in [0.1, 0.15) is 10.4 Å². The summed E-state index contributed by atoms with van der Waals surface area (Å²) in [6.45, 7) is 0. The molecule has 7 heteroatoms. The second kappa shape index (κ2) is 6.52. The number of anilines is 2. The molecule has 1 amide bonds. The Kier molecular flexibility index (Phi) is 4.93. The Morgan fingerprint density at radius 3 is 2.43 bits per heavy atom. The predicted molar refractivity (Wildman–Crippen MR) is 88.0 cm³/mol. The third kappa shape index (κ3) is 4.00. The number of amides is 1. The molecular weight excluding hydrogens is 333 g/mol.